The lowest BCUT2D eigenvalue weighted by atomic mass is 9.86. The quantitative estimate of drug-likeness (QED) is 0.703. The molecular weight excluding hydrogens is 170 g/mol. The van der Waals surface area contributed by atoms with E-state index < -0.39 is 0 Å². The summed E-state index contributed by atoms with van der Waals surface area (Å²) in [4.78, 5) is 4.50. The standard InChI is InChI=1S/C9H13NOS/c1-6-9(11-2)12-8(10-6)7-4-3-5-7/h7H,3-5H2,1-2H3. The van der Waals surface area contributed by atoms with Gasteiger partial charge in [-0.3, -0.25) is 0 Å². The van der Waals surface area contributed by atoms with Gasteiger partial charge in [-0.25, -0.2) is 4.98 Å². The van der Waals surface area contributed by atoms with Crippen LogP contribution in [0.15, 0.2) is 0 Å². The van der Waals surface area contributed by atoms with Gasteiger partial charge in [-0.15, -0.1) is 0 Å². The Hall–Kier alpha value is -0.570. The number of methoxy groups -OCH3 is 1. The molecule has 0 spiro atoms. The molecule has 0 N–H and O–H groups in total. The van der Waals surface area contributed by atoms with Crippen LogP contribution in [-0.2, 0) is 0 Å². The van der Waals surface area contributed by atoms with Gasteiger partial charge in [0.15, 0.2) is 5.06 Å². The highest BCUT2D eigenvalue weighted by Gasteiger charge is 2.23. The van der Waals surface area contributed by atoms with Gasteiger partial charge in [-0.1, -0.05) is 17.8 Å². The van der Waals surface area contributed by atoms with Crippen LogP contribution in [0.3, 0.4) is 0 Å². The van der Waals surface area contributed by atoms with Gasteiger partial charge < -0.3 is 4.74 Å². The summed E-state index contributed by atoms with van der Waals surface area (Å²) in [6, 6.07) is 0. The van der Waals surface area contributed by atoms with Crippen LogP contribution in [-0.4, -0.2) is 12.1 Å². The topological polar surface area (TPSA) is 22.1 Å². The van der Waals surface area contributed by atoms with Crippen molar-refractivity contribution in [3.05, 3.63) is 10.7 Å². The Balaban J connectivity index is 2.21. The number of aromatic nitrogens is 1. The summed E-state index contributed by atoms with van der Waals surface area (Å²) >= 11 is 1.71. The number of rotatable bonds is 2. The van der Waals surface area contributed by atoms with Crippen LogP contribution < -0.4 is 4.74 Å². The maximum absolute atomic E-state index is 5.20. The van der Waals surface area contributed by atoms with Gasteiger partial charge in [0.2, 0.25) is 0 Å². The first-order chi connectivity index (χ1) is 5.81. The summed E-state index contributed by atoms with van der Waals surface area (Å²) in [6.07, 6.45) is 4.00. The van der Waals surface area contributed by atoms with E-state index in [-0.39, 0.29) is 0 Å². The lowest BCUT2D eigenvalue weighted by Crippen LogP contribution is -2.07. The van der Waals surface area contributed by atoms with E-state index in [9.17, 15) is 0 Å². The van der Waals surface area contributed by atoms with Crippen molar-refractivity contribution in [2.45, 2.75) is 32.1 Å². The lowest BCUT2D eigenvalue weighted by Gasteiger charge is -2.22. The van der Waals surface area contributed by atoms with Gasteiger partial charge in [0.1, 0.15) is 0 Å². The molecular formula is C9H13NOS. The zero-order valence-corrected chi connectivity index (χ0v) is 8.28. The Morgan fingerprint density at radius 1 is 1.50 bits per heavy atom. The Labute approximate surface area is 76.6 Å². The van der Waals surface area contributed by atoms with Crippen LogP contribution in [0.4, 0.5) is 0 Å². The second kappa shape index (κ2) is 3.05. The van der Waals surface area contributed by atoms with Crippen LogP contribution >= 0.6 is 11.3 Å². The number of hydrogen-bond acceptors (Lipinski definition) is 3. The molecule has 0 bridgehead atoms. The molecule has 2 nitrogen and oxygen atoms in total. The van der Waals surface area contributed by atoms with Crippen molar-refractivity contribution in [1.82, 2.24) is 4.98 Å². The molecule has 66 valence electrons. The lowest BCUT2D eigenvalue weighted by molar-refractivity contribution is 0.417. The predicted molar refractivity (Wildman–Crippen MR) is 50.0 cm³/mol. The average molecular weight is 183 g/mol. The first kappa shape index (κ1) is 8.05. The van der Waals surface area contributed by atoms with Gasteiger partial charge in [0.25, 0.3) is 0 Å². The normalized spacial score (nSPS) is 17.5. The molecule has 0 aliphatic heterocycles. The Bertz CT molecular complexity index is 278. The third-order valence-electron chi connectivity index (χ3n) is 2.41. The molecule has 12 heavy (non-hydrogen) atoms. The molecule has 1 saturated carbocycles. The summed E-state index contributed by atoms with van der Waals surface area (Å²) < 4.78 is 5.20. The van der Waals surface area contributed by atoms with Crippen molar-refractivity contribution in [2.24, 2.45) is 0 Å². The van der Waals surface area contributed by atoms with E-state index in [0.29, 0.717) is 0 Å². The summed E-state index contributed by atoms with van der Waals surface area (Å²) in [6.45, 7) is 2.01. The first-order valence-electron chi connectivity index (χ1n) is 4.32. The highest BCUT2D eigenvalue weighted by Crippen LogP contribution is 2.41. The van der Waals surface area contributed by atoms with E-state index in [0.717, 1.165) is 16.7 Å². The van der Waals surface area contributed by atoms with Crippen molar-refractivity contribution in [1.29, 1.82) is 0 Å². The van der Waals surface area contributed by atoms with E-state index >= 15 is 0 Å². The fourth-order valence-electron chi connectivity index (χ4n) is 1.42. The zero-order chi connectivity index (χ0) is 8.55. The largest absolute Gasteiger partial charge is 0.486 e. The minimum Gasteiger partial charge on any atom is -0.486 e. The van der Waals surface area contributed by atoms with Crippen LogP contribution in [0, 0.1) is 6.92 Å². The molecule has 0 radical (unpaired) electrons. The number of ether oxygens (including phenoxy) is 1. The molecule has 1 aromatic heterocycles. The molecule has 3 heteroatoms. The monoisotopic (exact) mass is 183 g/mol. The summed E-state index contributed by atoms with van der Waals surface area (Å²) in [5.41, 5.74) is 1.05. The minimum absolute atomic E-state index is 0.734. The fourth-order valence-corrected chi connectivity index (χ4v) is 2.47. The highest BCUT2D eigenvalue weighted by atomic mass is 32.1. The van der Waals surface area contributed by atoms with Crippen LogP contribution in [0.1, 0.15) is 35.9 Å². The van der Waals surface area contributed by atoms with E-state index in [4.69, 9.17) is 4.74 Å². The highest BCUT2D eigenvalue weighted by molar-refractivity contribution is 7.13. The molecule has 1 aliphatic carbocycles. The molecule has 0 amide bonds. The minimum atomic E-state index is 0.734. The number of aryl methyl sites for hydroxylation is 1. The van der Waals surface area contributed by atoms with Crippen molar-refractivity contribution >= 4 is 11.3 Å². The van der Waals surface area contributed by atoms with Gasteiger partial charge in [0, 0.05) is 5.92 Å². The van der Waals surface area contributed by atoms with E-state index in [1.165, 1.54) is 24.3 Å². The van der Waals surface area contributed by atoms with Gasteiger partial charge in [-0.05, 0) is 19.8 Å². The average Bonchev–Trinajstić information content (AvgIpc) is 2.27. The van der Waals surface area contributed by atoms with E-state index in [1.54, 1.807) is 18.4 Å². The molecule has 2 rings (SSSR count). The number of nitrogens with zero attached hydrogens (tertiary/aromatic N) is 1. The van der Waals surface area contributed by atoms with Gasteiger partial charge >= 0.3 is 0 Å². The van der Waals surface area contributed by atoms with Crippen LogP contribution in [0.25, 0.3) is 0 Å². The van der Waals surface area contributed by atoms with Crippen molar-refractivity contribution in [2.75, 3.05) is 7.11 Å². The van der Waals surface area contributed by atoms with E-state index in [2.05, 4.69) is 4.98 Å². The molecule has 1 aromatic rings. The van der Waals surface area contributed by atoms with Crippen LogP contribution in [0.2, 0.25) is 0 Å². The van der Waals surface area contributed by atoms with Gasteiger partial charge in [0.05, 0.1) is 17.8 Å². The maximum atomic E-state index is 5.20. The SMILES string of the molecule is COc1sc(C2CCC2)nc1C. The summed E-state index contributed by atoms with van der Waals surface area (Å²) in [7, 11) is 1.71. The molecule has 1 aliphatic rings. The third-order valence-corrected chi connectivity index (χ3v) is 3.69. The van der Waals surface area contributed by atoms with Crippen molar-refractivity contribution < 1.29 is 4.74 Å². The predicted octanol–water partition coefficient (Wildman–Crippen LogP) is 2.73. The Kier molecular flexibility index (Phi) is 2.05. The molecule has 1 fully saturated rings. The molecule has 0 unspecified atom stereocenters. The summed E-state index contributed by atoms with van der Waals surface area (Å²) in [5, 5.41) is 2.26. The molecule has 1 heterocycles. The second-order valence-corrected chi connectivity index (χ2v) is 4.25. The van der Waals surface area contributed by atoms with E-state index in [1.807, 2.05) is 6.92 Å². The molecule has 0 aromatic carbocycles. The van der Waals surface area contributed by atoms with Crippen LogP contribution in [0.5, 0.6) is 5.06 Å². The van der Waals surface area contributed by atoms with Crippen molar-refractivity contribution in [3.8, 4) is 5.06 Å². The number of thiazole rings is 1. The smallest absolute Gasteiger partial charge is 0.196 e. The second-order valence-electron chi connectivity index (χ2n) is 3.26. The molecule has 0 atom stereocenters. The summed E-state index contributed by atoms with van der Waals surface area (Å²) in [5.74, 6) is 0.734. The van der Waals surface area contributed by atoms with Gasteiger partial charge in [-0.2, -0.15) is 0 Å². The third kappa shape index (κ3) is 1.22. The maximum Gasteiger partial charge on any atom is 0.196 e. The van der Waals surface area contributed by atoms with Crippen molar-refractivity contribution in [3.63, 3.8) is 0 Å². The Morgan fingerprint density at radius 2 is 2.25 bits per heavy atom. The number of hydrogen-bond donors (Lipinski definition) is 0. The fraction of sp³-hybridized carbons (Fsp3) is 0.667. The Morgan fingerprint density at radius 3 is 2.67 bits per heavy atom. The molecule has 0 saturated heterocycles. The first-order valence-corrected chi connectivity index (χ1v) is 5.14. The zero-order valence-electron chi connectivity index (χ0n) is 7.46.